The number of amides is 1. The number of rotatable bonds is 5. The number of carbonyl (C=O) groups excluding carboxylic acids is 1. The highest BCUT2D eigenvalue weighted by molar-refractivity contribution is 9.10. The van der Waals surface area contributed by atoms with Gasteiger partial charge in [0, 0.05) is 24.3 Å². The summed E-state index contributed by atoms with van der Waals surface area (Å²) < 4.78 is 10.9. The molecule has 0 saturated carbocycles. The van der Waals surface area contributed by atoms with Gasteiger partial charge >= 0.3 is 5.97 Å². The summed E-state index contributed by atoms with van der Waals surface area (Å²) in [5.74, 6) is -1.40. The number of aliphatic carboxylic acids is 1. The van der Waals surface area contributed by atoms with Gasteiger partial charge in [0.15, 0.2) is 6.10 Å². The molecular weight excluding hydrogens is 344 g/mol. The highest BCUT2D eigenvalue weighted by Crippen LogP contribution is 2.29. The molecule has 0 spiro atoms. The third-order valence-electron chi connectivity index (χ3n) is 3.16. The average Bonchev–Trinajstić information content (AvgIpc) is 2.46. The van der Waals surface area contributed by atoms with E-state index < -0.39 is 18.1 Å². The summed E-state index contributed by atoms with van der Waals surface area (Å²) >= 11 is 3.27. The Balaban J connectivity index is 2.35. The Hall–Kier alpha value is -1.51. The first-order valence-electron chi connectivity index (χ1n) is 6.29. The van der Waals surface area contributed by atoms with Crippen molar-refractivity contribution in [3.05, 3.63) is 28.5 Å². The van der Waals surface area contributed by atoms with E-state index in [2.05, 4.69) is 20.9 Å². The van der Waals surface area contributed by atoms with Gasteiger partial charge < -0.3 is 19.5 Å². The van der Waals surface area contributed by atoms with E-state index in [4.69, 9.17) is 9.47 Å². The predicted molar refractivity (Wildman–Crippen MR) is 75.6 cm³/mol. The first-order chi connectivity index (χ1) is 10.0. The second kappa shape index (κ2) is 6.97. The first-order valence-corrected chi connectivity index (χ1v) is 7.08. The zero-order valence-corrected chi connectivity index (χ0v) is 12.9. The molecule has 21 heavy (non-hydrogen) atoms. The number of hydrogen-bond acceptors (Lipinski definition) is 5. The van der Waals surface area contributed by atoms with Gasteiger partial charge in [0.1, 0.15) is 12.6 Å². The van der Waals surface area contributed by atoms with Gasteiger partial charge in [0.05, 0.1) is 12.3 Å². The van der Waals surface area contributed by atoms with Crippen LogP contribution in [0.15, 0.2) is 22.8 Å². The molecule has 0 radical (unpaired) electrons. The topological polar surface area (TPSA) is 89.0 Å². The van der Waals surface area contributed by atoms with Crippen LogP contribution in [0.1, 0.15) is 11.7 Å². The normalized spacial score (nSPS) is 22.4. The number of aromatic nitrogens is 1. The zero-order valence-electron chi connectivity index (χ0n) is 11.4. The van der Waals surface area contributed by atoms with Gasteiger partial charge in [0.25, 0.3) is 0 Å². The Bertz CT molecular complexity index is 522. The molecule has 0 bridgehead atoms. The molecule has 114 valence electrons. The molecule has 2 heterocycles. The van der Waals surface area contributed by atoms with Gasteiger partial charge in [-0.3, -0.25) is 9.78 Å². The molecule has 7 nitrogen and oxygen atoms in total. The molecule has 1 fully saturated rings. The van der Waals surface area contributed by atoms with Crippen molar-refractivity contribution in [1.29, 1.82) is 0 Å². The Kier molecular flexibility index (Phi) is 5.27. The van der Waals surface area contributed by atoms with Crippen molar-refractivity contribution < 1.29 is 24.2 Å². The molecule has 0 aliphatic carbocycles. The van der Waals surface area contributed by atoms with Crippen LogP contribution in [0.3, 0.4) is 0 Å². The van der Waals surface area contributed by atoms with E-state index in [1.807, 2.05) is 0 Å². The van der Waals surface area contributed by atoms with E-state index in [-0.39, 0.29) is 19.1 Å². The second-order valence-electron chi connectivity index (χ2n) is 4.50. The minimum Gasteiger partial charge on any atom is -0.479 e. The molecule has 2 unspecified atom stereocenters. The molecule has 1 aliphatic heterocycles. The van der Waals surface area contributed by atoms with E-state index in [1.54, 1.807) is 18.3 Å². The molecule has 1 saturated heterocycles. The number of halogens is 1. The van der Waals surface area contributed by atoms with Crippen molar-refractivity contribution in [1.82, 2.24) is 9.88 Å². The summed E-state index contributed by atoms with van der Waals surface area (Å²) in [7, 11) is 1.52. The van der Waals surface area contributed by atoms with E-state index in [9.17, 15) is 14.7 Å². The molecule has 0 aromatic carbocycles. The van der Waals surface area contributed by atoms with Gasteiger partial charge in [-0.25, -0.2) is 4.79 Å². The molecule has 2 rings (SSSR count). The fourth-order valence-electron chi connectivity index (χ4n) is 2.19. The van der Waals surface area contributed by atoms with Crippen molar-refractivity contribution in [2.24, 2.45) is 0 Å². The van der Waals surface area contributed by atoms with Crippen LogP contribution in [0.2, 0.25) is 0 Å². The molecule has 2 atom stereocenters. The summed E-state index contributed by atoms with van der Waals surface area (Å²) in [6, 6.07) is 2.65. The summed E-state index contributed by atoms with van der Waals surface area (Å²) in [5.41, 5.74) is 0.467. The third kappa shape index (κ3) is 3.58. The number of carboxylic acids is 1. The summed E-state index contributed by atoms with van der Waals surface area (Å²) in [6.07, 6.45) is 0.412. The van der Waals surface area contributed by atoms with Crippen LogP contribution >= 0.6 is 15.9 Å². The Morgan fingerprint density at radius 3 is 2.95 bits per heavy atom. The monoisotopic (exact) mass is 358 g/mol. The number of nitrogens with zero attached hydrogens (tertiary/aromatic N) is 2. The molecule has 1 aliphatic rings. The van der Waals surface area contributed by atoms with E-state index in [0.29, 0.717) is 12.3 Å². The van der Waals surface area contributed by atoms with Crippen molar-refractivity contribution in [2.45, 2.75) is 12.1 Å². The highest BCUT2D eigenvalue weighted by Gasteiger charge is 2.42. The minimum absolute atomic E-state index is 0.256. The number of carbonyl (C=O) groups is 2. The lowest BCUT2D eigenvalue weighted by atomic mass is 10.0. The number of hydrogen-bond donors (Lipinski definition) is 1. The Labute approximate surface area is 130 Å². The number of morpholine rings is 1. The maximum atomic E-state index is 12.0. The van der Waals surface area contributed by atoms with Gasteiger partial charge in [-0.05, 0) is 28.1 Å². The summed E-state index contributed by atoms with van der Waals surface area (Å²) in [6.45, 7) is 0.337. The van der Waals surface area contributed by atoms with Crippen LogP contribution in [0.25, 0.3) is 0 Å². The number of methoxy groups -OCH3 is 1. The minimum atomic E-state index is -1.15. The van der Waals surface area contributed by atoms with Crippen molar-refractivity contribution >= 4 is 27.8 Å². The third-order valence-corrected chi connectivity index (χ3v) is 3.63. The van der Waals surface area contributed by atoms with Gasteiger partial charge in [-0.2, -0.15) is 0 Å². The fraction of sp³-hybridized carbons (Fsp3) is 0.462. The lowest BCUT2D eigenvalue weighted by Crippen LogP contribution is -2.52. The molecule has 1 aromatic rings. The SMILES string of the molecule is COCCN1C(=O)COC(C(=O)O)C1c1ccc(Br)cn1. The molecular formula is C13H15BrN2O5. The van der Waals surface area contributed by atoms with Crippen LogP contribution in [-0.4, -0.2) is 59.8 Å². The maximum absolute atomic E-state index is 12.0. The quantitative estimate of drug-likeness (QED) is 0.838. The first kappa shape index (κ1) is 15.9. The Morgan fingerprint density at radius 1 is 1.62 bits per heavy atom. The van der Waals surface area contributed by atoms with E-state index in [0.717, 1.165) is 4.47 Å². The standard InChI is InChI=1S/C13H15BrN2O5/c1-20-5-4-16-10(17)7-21-12(13(18)19)11(16)9-3-2-8(14)6-15-9/h2-3,6,11-12H,4-5,7H2,1H3,(H,18,19). The molecule has 1 amide bonds. The fourth-order valence-corrected chi connectivity index (χ4v) is 2.42. The van der Waals surface area contributed by atoms with Crippen LogP contribution in [0, 0.1) is 0 Å². The van der Waals surface area contributed by atoms with Crippen LogP contribution in [0.4, 0.5) is 0 Å². The van der Waals surface area contributed by atoms with Crippen molar-refractivity contribution in [2.75, 3.05) is 26.9 Å². The highest BCUT2D eigenvalue weighted by atomic mass is 79.9. The molecule has 1 aromatic heterocycles. The van der Waals surface area contributed by atoms with Gasteiger partial charge in [0.2, 0.25) is 5.91 Å². The molecule has 1 N–H and O–H groups in total. The number of carboxylic acid groups (broad SMARTS) is 1. The smallest absolute Gasteiger partial charge is 0.335 e. The zero-order chi connectivity index (χ0) is 15.4. The predicted octanol–water partition coefficient (Wildman–Crippen LogP) is 0.844. The Morgan fingerprint density at radius 2 is 2.38 bits per heavy atom. The second-order valence-corrected chi connectivity index (χ2v) is 5.41. The van der Waals surface area contributed by atoms with E-state index >= 15 is 0 Å². The summed E-state index contributed by atoms with van der Waals surface area (Å²) in [5, 5.41) is 9.32. The lowest BCUT2D eigenvalue weighted by molar-refractivity contribution is -0.174. The van der Waals surface area contributed by atoms with Crippen molar-refractivity contribution in [3.63, 3.8) is 0 Å². The maximum Gasteiger partial charge on any atom is 0.335 e. The largest absolute Gasteiger partial charge is 0.479 e. The summed E-state index contributed by atoms with van der Waals surface area (Å²) in [4.78, 5) is 29.1. The van der Waals surface area contributed by atoms with Gasteiger partial charge in [-0.15, -0.1) is 0 Å². The van der Waals surface area contributed by atoms with E-state index in [1.165, 1.54) is 12.0 Å². The van der Waals surface area contributed by atoms with Crippen molar-refractivity contribution in [3.8, 4) is 0 Å². The average molecular weight is 359 g/mol. The number of pyridine rings is 1. The lowest BCUT2D eigenvalue weighted by Gasteiger charge is -2.38. The van der Waals surface area contributed by atoms with Crippen LogP contribution in [-0.2, 0) is 19.1 Å². The van der Waals surface area contributed by atoms with Gasteiger partial charge in [-0.1, -0.05) is 0 Å². The van der Waals surface area contributed by atoms with Crippen LogP contribution < -0.4 is 0 Å². The molecule has 8 heteroatoms. The number of ether oxygens (including phenoxy) is 2. The van der Waals surface area contributed by atoms with Crippen LogP contribution in [0.5, 0.6) is 0 Å².